The molecule has 0 N–H and O–H groups in total. The van der Waals surface area contributed by atoms with E-state index in [1.54, 1.807) is 62.3 Å². The third-order valence-corrected chi connectivity index (χ3v) is 9.70. The summed E-state index contributed by atoms with van der Waals surface area (Å²) in [6.45, 7) is 1.02. The minimum atomic E-state index is -3.78. The molecule has 0 aromatic heterocycles. The molecule has 1 amide bonds. The quantitative estimate of drug-likeness (QED) is 0.615. The predicted octanol–water partition coefficient (Wildman–Crippen LogP) is 2.98. The first-order chi connectivity index (χ1) is 15.9. The van der Waals surface area contributed by atoms with Crippen LogP contribution in [-0.4, -0.2) is 58.8 Å². The van der Waals surface area contributed by atoms with Crippen LogP contribution in [0.4, 0.5) is 5.69 Å². The van der Waals surface area contributed by atoms with Crippen LogP contribution in [0.3, 0.4) is 0 Å². The maximum absolute atomic E-state index is 13.9. The SMILES string of the molecule is COc1cc(OC)c(C2SCCN2S(=O)(=O)c2cc3c4c(c2)CCN4C(=O)CC3)cc1OC. The van der Waals surface area contributed by atoms with Gasteiger partial charge in [0.05, 0.1) is 37.3 Å². The lowest BCUT2D eigenvalue weighted by molar-refractivity contribution is -0.118. The lowest BCUT2D eigenvalue weighted by Gasteiger charge is -2.28. The van der Waals surface area contributed by atoms with Crippen LogP contribution in [0, 0.1) is 0 Å². The number of hydrogen-bond acceptors (Lipinski definition) is 7. The fourth-order valence-corrected chi connectivity index (χ4v) is 8.25. The summed E-state index contributed by atoms with van der Waals surface area (Å²) >= 11 is 1.55. The molecule has 0 radical (unpaired) electrons. The van der Waals surface area contributed by atoms with E-state index in [4.69, 9.17) is 14.2 Å². The molecular formula is C23H26N2O6S2. The molecule has 33 heavy (non-hydrogen) atoms. The second-order valence-electron chi connectivity index (χ2n) is 8.17. The average Bonchev–Trinajstić information content (AvgIpc) is 3.49. The number of methoxy groups -OCH3 is 3. The number of carbonyl (C=O) groups excluding carboxylic acids is 1. The second-order valence-corrected chi connectivity index (χ2v) is 11.3. The van der Waals surface area contributed by atoms with Crippen LogP contribution in [-0.2, 0) is 27.7 Å². The Kier molecular flexibility index (Phi) is 5.70. The number of nitrogens with zero attached hydrogens (tertiary/aromatic N) is 2. The Balaban J connectivity index is 1.56. The fourth-order valence-electron chi connectivity index (χ4n) is 4.90. The molecule has 0 saturated carbocycles. The van der Waals surface area contributed by atoms with Crippen LogP contribution in [0.5, 0.6) is 17.2 Å². The zero-order valence-corrected chi connectivity index (χ0v) is 20.4. The molecule has 0 spiro atoms. The first-order valence-corrected chi connectivity index (χ1v) is 13.3. The van der Waals surface area contributed by atoms with Crippen LogP contribution >= 0.6 is 11.8 Å². The summed E-state index contributed by atoms with van der Waals surface area (Å²) < 4.78 is 45.7. The number of rotatable bonds is 6. The van der Waals surface area contributed by atoms with Crippen molar-refractivity contribution in [1.29, 1.82) is 0 Å². The molecule has 1 saturated heterocycles. The highest BCUT2D eigenvalue weighted by molar-refractivity contribution is 8.01. The Labute approximate surface area is 197 Å². The number of anilines is 1. The number of hydrogen-bond donors (Lipinski definition) is 0. The van der Waals surface area contributed by atoms with E-state index in [-0.39, 0.29) is 5.91 Å². The van der Waals surface area contributed by atoms with Gasteiger partial charge in [0.25, 0.3) is 0 Å². The topological polar surface area (TPSA) is 85.4 Å². The first kappa shape index (κ1) is 22.4. The van der Waals surface area contributed by atoms with Gasteiger partial charge in [-0.3, -0.25) is 4.79 Å². The number of carbonyl (C=O) groups is 1. The maximum atomic E-state index is 13.9. The Morgan fingerprint density at radius 1 is 0.879 bits per heavy atom. The van der Waals surface area contributed by atoms with Gasteiger partial charge in [0.2, 0.25) is 15.9 Å². The van der Waals surface area contributed by atoms with Crippen LogP contribution in [0.2, 0.25) is 0 Å². The zero-order valence-electron chi connectivity index (χ0n) is 18.8. The molecule has 1 fully saturated rings. The van der Waals surface area contributed by atoms with Gasteiger partial charge in [0.1, 0.15) is 5.75 Å². The van der Waals surface area contributed by atoms with E-state index in [0.29, 0.717) is 60.2 Å². The molecule has 10 heteroatoms. The van der Waals surface area contributed by atoms with Crippen molar-refractivity contribution < 1.29 is 27.4 Å². The number of sulfonamides is 1. The summed E-state index contributed by atoms with van der Waals surface area (Å²) in [4.78, 5) is 14.3. The van der Waals surface area contributed by atoms with Gasteiger partial charge in [0, 0.05) is 36.9 Å². The van der Waals surface area contributed by atoms with Gasteiger partial charge in [-0.05, 0) is 42.2 Å². The third kappa shape index (κ3) is 3.55. The zero-order chi connectivity index (χ0) is 23.3. The normalized spacial score (nSPS) is 20.2. The van der Waals surface area contributed by atoms with Crippen molar-refractivity contribution in [3.8, 4) is 17.2 Å². The van der Waals surface area contributed by atoms with E-state index in [1.807, 2.05) is 0 Å². The molecule has 2 aromatic carbocycles. The van der Waals surface area contributed by atoms with Crippen LogP contribution in [0.25, 0.3) is 0 Å². The van der Waals surface area contributed by atoms with Gasteiger partial charge in [-0.25, -0.2) is 8.42 Å². The molecule has 176 valence electrons. The third-order valence-electron chi connectivity index (χ3n) is 6.48. The Bertz CT molecular complexity index is 1230. The lowest BCUT2D eigenvalue weighted by Crippen LogP contribution is -2.33. The van der Waals surface area contributed by atoms with Crippen molar-refractivity contribution in [3.05, 3.63) is 41.0 Å². The average molecular weight is 491 g/mol. The standard InChI is InChI=1S/C23H26N2O6S2/c1-29-18-13-20(31-3)19(30-2)12-17(18)23-25(8-9-32-23)33(27,28)16-10-14-4-5-21(26)24-7-6-15(11-16)22(14)24/h10-13,23H,4-9H2,1-3H3. The molecule has 3 aliphatic heterocycles. The van der Waals surface area contributed by atoms with E-state index in [1.165, 1.54) is 4.31 Å². The molecule has 3 heterocycles. The summed E-state index contributed by atoms with van der Waals surface area (Å²) in [7, 11) is 0.880. The number of benzene rings is 2. The van der Waals surface area contributed by atoms with Gasteiger partial charge < -0.3 is 19.1 Å². The van der Waals surface area contributed by atoms with Gasteiger partial charge in [0.15, 0.2) is 11.5 Å². The highest BCUT2D eigenvalue weighted by Crippen LogP contribution is 2.48. The maximum Gasteiger partial charge on any atom is 0.244 e. The number of aryl methyl sites for hydroxylation is 1. The summed E-state index contributed by atoms with van der Waals surface area (Å²) in [5, 5.41) is -0.451. The molecule has 0 aliphatic carbocycles. The van der Waals surface area contributed by atoms with E-state index in [2.05, 4.69) is 0 Å². The summed E-state index contributed by atoms with van der Waals surface area (Å²) in [5.74, 6) is 2.37. The van der Waals surface area contributed by atoms with Crippen LogP contribution in [0.1, 0.15) is 28.5 Å². The van der Waals surface area contributed by atoms with Crippen LogP contribution in [0.15, 0.2) is 29.2 Å². The molecule has 8 nitrogen and oxygen atoms in total. The summed E-state index contributed by atoms with van der Waals surface area (Å²) in [5.41, 5.74) is 3.51. The second kappa shape index (κ2) is 8.41. The lowest BCUT2D eigenvalue weighted by atomic mass is 10.00. The van der Waals surface area contributed by atoms with Crippen molar-refractivity contribution >= 4 is 33.4 Å². The monoisotopic (exact) mass is 490 g/mol. The Morgan fingerprint density at radius 2 is 1.55 bits per heavy atom. The smallest absolute Gasteiger partial charge is 0.244 e. The fraction of sp³-hybridized carbons (Fsp3) is 0.435. The number of thioether (sulfide) groups is 1. The van der Waals surface area contributed by atoms with E-state index >= 15 is 0 Å². The summed E-state index contributed by atoms with van der Waals surface area (Å²) in [6, 6.07) is 7.02. The van der Waals surface area contributed by atoms with Crippen molar-refractivity contribution in [2.75, 3.05) is 45.1 Å². The number of ether oxygens (including phenoxy) is 3. The Morgan fingerprint density at radius 3 is 2.24 bits per heavy atom. The molecular weight excluding hydrogens is 464 g/mol. The highest BCUT2D eigenvalue weighted by Gasteiger charge is 2.40. The minimum Gasteiger partial charge on any atom is -0.496 e. The van der Waals surface area contributed by atoms with Gasteiger partial charge in [-0.15, -0.1) is 11.8 Å². The minimum absolute atomic E-state index is 0.119. The van der Waals surface area contributed by atoms with Gasteiger partial charge >= 0.3 is 0 Å². The van der Waals surface area contributed by atoms with Crippen molar-refractivity contribution in [1.82, 2.24) is 4.31 Å². The summed E-state index contributed by atoms with van der Waals surface area (Å²) in [6.07, 6.45) is 1.67. The van der Waals surface area contributed by atoms with Crippen molar-refractivity contribution in [2.24, 2.45) is 0 Å². The molecule has 5 rings (SSSR count). The van der Waals surface area contributed by atoms with Crippen molar-refractivity contribution in [3.63, 3.8) is 0 Å². The first-order valence-electron chi connectivity index (χ1n) is 10.8. The van der Waals surface area contributed by atoms with Gasteiger partial charge in [-0.2, -0.15) is 4.31 Å². The predicted molar refractivity (Wildman–Crippen MR) is 126 cm³/mol. The number of amides is 1. The van der Waals surface area contributed by atoms with Crippen LogP contribution < -0.4 is 19.1 Å². The van der Waals surface area contributed by atoms with E-state index < -0.39 is 15.4 Å². The Hall–Kier alpha value is -2.43. The van der Waals surface area contributed by atoms with E-state index in [9.17, 15) is 13.2 Å². The highest BCUT2D eigenvalue weighted by atomic mass is 32.2. The van der Waals surface area contributed by atoms with Crippen molar-refractivity contribution in [2.45, 2.75) is 29.5 Å². The molecule has 1 atom stereocenters. The van der Waals surface area contributed by atoms with E-state index in [0.717, 1.165) is 22.4 Å². The molecule has 3 aliphatic rings. The largest absolute Gasteiger partial charge is 0.496 e. The van der Waals surface area contributed by atoms with Gasteiger partial charge in [-0.1, -0.05) is 0 Å². The molecule has 2 aromatic rings. The molecule has 1 unspecified atom stereocenters. The molecule has 0 bridgehead atoms.